The van der Waals surface area contributed by atoms with E-state index in [-0.39, 0.29) is 0 Å². The van der Waals surface area contributed by atoms with Crippen LogP contribution in [0.4, 0.5) is 4.79 Å². The monoisotopic (exact) mass is 314 g/mol. The maximum absolute atomic E-state index is 10.9. The minimum atomic E-state index is -0.972. The number of hydrogen-bond donors (Lipinski definition) is 1. The number of carbonyl (C=O) groups is 1. The molecule has 0 aliphatic heterocycles. The van der Waals surface area contributed by atoms with Gasteiger partial charge in [-0.15, -0.1) is 0 Å². The van der Waals surface area contributed by atoms with Crippen molar-refractivity contribution in [2.75, 3.05) is 0 Å². The van der Waals surface area contributed by atoms with Gasteiger partial charge in [0.2, 0.25) is 0 Å². The highest BCUT2D eigenvalue weighted by Gasteiger charge is 2.13. The SMILES string of the molecule is CCCCC(CC)C[n+]1ccc(-c2cc[n+](C(=O)O)cc2)cc1. The fourth-order valence-corrected chi connectivity index (χ4v) is 2.73. The van der Waals surface area contributed by atoms with E-state index >= 15 is 0 Å². The van der Waals surface area contributed by atoms with Crippen molar-refractivity contribution < 1.29 is 19.0 Å². The molecule has 4 heteroatoms. The first kappa shape index (κ1) is 17.1. The molecule has 122 valence electrons. The standard InChI is InChI=1S/C19H25N2O2/c1-3-5-6-16(4-2)15-20-11-7-17(8-12-20)18-9-13-21(14-10-18)19(22)23/h7-14,16H,3-6,15H2,1-2H3/q+1/p+1. The van der Waals surface area contributed by atoms with E-state index in [2.05, 4.69) is 42.9 Å². The Morgan fingerprint density at radius 2 is 1.61 bits per heavy atom. The van der Waals surface area contributed by atoms with Crippen LogP contribution in [0.1, 0.15) is 39.5 Å². The molecule has 0 radical (unpaired) electrons. The average Bonchev–Trinajstić information content (AvgIpc) is 2.59. The highest BCUT2D eigenvalue weighted by Crippen LogP contribution is 2.16. The maximum Gasteiger partial charge on any atom is 0.599 e. The zero-order chi connectivity index (χ0) is 16.7. The van der Waals surface area contributed by atoms with Crippen molar-refractivity contribution in [1.29, 1.82) is 0 Å². The van der Waals surface area contributed by atoms with Crippen LogP contribution in [-0.4, -0.2) is 11.2 Å². The largest absolute Gasteiger partial charge is 0.599 e. The lowest BCUT2D eigenvalue weighted by Crippen LogP contribution is -2.40. The van der Waals surface area contributed by atoms with Gasteiger partial charge < -0.3 is 5.11 Å². The zero-order valence-electron chi connectivity index (χ0n) is 14.0. The van der Waals surface area contributed by atoms with Crippen molar-refractivity contribution in [2.45, 2.75) is 46.1 Å². The smallest absolute Gasteiger partial charge is 0.427 e. The molecule has 0 fully saturated rings. The van der Waals surface area contributed by atoms with Gasteiger partial charge in [0.15, 0.2) is 31.3 Å². The van der Waals surface area contributed by atoms with E-state index < -0.39 is 6.09 Å². The summed E-state index contributed by atoms with van der Waals surface area (Å²) in [6, 6.07) is 7.83. The van der Waals surface area contributed by atoms with Gasteiger partial charge in [-0.05, 0) is 24.0 Å². The quantitative estimate of drug-likeness (QED) is 0.793. The fraction of sp³-hybridized carbons (Fsp3) is 0.421. The molecule has 0 spiro atoms. The summed E-state index contributed by atoms with van der Waals surface area (Å²) >= 11 is 0. The molecule has 0 bridgehead atoms. The molecular formula is C19H26N2O2+2. The molecule has 0 amide bonds. The third-order valence-electron chi connectivity index (χ3n) is 4.29. The zero-order valence-corrected chi connectivity index (χ0v) is 14.0. The molecule has 4 nitrogen and oxygen atoms in total. The van der Waals surface area contributed by atoms with Gasteiger partial charge in [0.25, 0.3) is 0 Å². The second-order valence-electron chi connectivity index (χ2n) is 5.98. The van der Waals surface area contributed by atoms with Gasteiger partial charge in [-0.25, -0.2) is 4.57 Å². The molecule has 2 aromatic rings. The molecule has 2 aromatic heterocycles. The summed E-state index contributed by atoms with van der Waals surface area (Å²) in [5.74, 6) is 0.733. The van der Waals surface area contributed by atoms with Crippen LogP contribution in [0.3, 0.4) is 0 Å². The number of pyridine rings is 2. The molecule has 1 atom stereocenters. The van der Waals surface area contributed by atoms with Gasteiger partial charge in [-0.1, -0.05) is 31.3 Å². The molecule has 0 aromatic carbocycles. The van der Waals surface area contributed by atoms with Crippen LogP contribution in [-0.2, 0) is 6.54 Å². The third-order valence-corrected chi connectivity index (χ3v) is 4.29. The lowest BCUT2D eigenvalue weighted by atomic mass is 9.99. The molecule has 1 unspecified atom stereocenters. The van der Waals surface area contributed by atoms with E-state index in [1.807, 2.05) is 12.1 Å². The van der Waals surface area contributed by atoms with Crippen molar-refractivity contribution in [3.63, 3.8) is 0 Å². The summed E-state index contributed by atoms with van der Waals surface area (Å²) in [5, 5.41) is 8.91. The Balaban J connectivity index is 2.05. The van der Waals surface area contributed by atoms with Gasteiger partial charge in [-0.3, -0.25) is 0 Å². The molecule has 0 aliphatic rings. The lowest BCUT2D eigenvalue weighted by Gasteiger charge is -2.10. The first-order valence-corrected chi connectivity index (χ1v) is 8.38. The van der Waals surface area contributed by atoms with Crippen LogP contribution in [0.2, 0.25) is 0 Å². The van der Waals surface area contributed by atoms with Gasteiger partial charge >= 0.3 is 6.09 Å². The minimum absolute atomic E-state index is 0.733. The molecule has 1 N–H and O–H groups in total. The van der Waals surface area contributed by atoms with Crippen LogP contribution in [0.5, 0.6) is 0 Å². The van der Waals surface area contributed by atoms with E-state index in [1.54, 1.807) is 12.4 Å². The number of nitrogens with zero attached hydrogens (tertiary/aromatic N) is 2. The number of carboxylic acid groups (broad SMARTS) is 1. The van der Waals surface area contributed by atoms with E-state index in [0.29, 0.717) is 0 Å². The van der Waals surface area contributed by atoms with Gasteiger partial charge in [0.05, 0.1) is 0 Å². The minimum Gasteiger partial charge on any atom is -0.427 e. The predicted octanol–water partition coefficient (Wildman–Crippen LogP) is 3.67. The molecule has 2 rings (SSSR count). The molecule has 0 aliphatic carbocycles. The van der Waals surface area contributed by atoms with E-state index in [4.69, 9.17) is 5.11 Å². The average molecular weight is 314 g/mol. The third kappa shape index (κ3) is 4.88. The molecule has 2 heterocycles. The summed E-state index contributed by atoms with van der Waals surface area (Å²) < 4.78 is 3.39. The topological polar surface area (TPSA) is 45.1 Å². The predicted molar refractivity (Wildman–Crippen MR) is 89.0 cm³/mol. The van der Waals surface area contributed by atoms with Crippen molar-refractivity contribution >= 4 is 6.09 Å². The van der Waals surface area contributed by atoms with Crippen LogP contribution in [0, 0.1) is 5.92 Å². The number of rotatable bonds is 7. The van der Waals surface area contributed by atoms with Crippen molar-refractivity contribution in [1.82, 2.24) is 0 Å². The summed E-state index contributed by atoms with van der Waals surface area (Å²) in [6.07, 6.45) is 11.4. The van der Waals surface area contributed by atoms with Gasteiger partial charge in [0, 0.05) is 30.2 Å². The van der Waals surface area contributed by atoms with Crippen LogP contribution in [0.25, 0.3) is 11.1 Å². The number of unbranched alkanes of at least 4 members (excludes halogenated alkanes) is 1. The Kier molecular flexibility index (Phi) is 6.27. The van der Waals surface area contributed by atoms with Crippen LogP contribution in [0.15, 0.2) is 49.1 Å². The van der Waals surface area contributed by atoms with Crippen molar-refractivity contribution in [2.24, 2.45) is 5.92 Å². The number of hydrogen-bond acceptors (Lipinski definition) is 1. The Bertz CT molecular complexity index is 621. The fourth-order valence-electron chi connectivity index (χ4n) is 2.73. The summed E-state index contributed by atoms with van der Waals surface area (Å²) in [4.78, 5) is 10.9. The van der Waals surface area contributed by atoms with E-state index in [0.717, 1.165) is 28.2 Å². The first-order valence-electron chi connectivity index (χ1n) is 8.38. The Morgan fingerprint density at radius 3 is 2.09 bits per heavy atom. The lowest BCUT2D eigenvalue weighted by molar-refractivity contribution is -0.703. The van der Waals surface area contributed by atoms with Crippen molar-refractivity contribution in [3.05, 3.63) is 49.1 Å². The summed E-state index contributed by atoms with van der Waals surface area (Å²) in [6.45, 7) is 5.56. The maximum atomic E-state index is 10.9. The molecular weight excluding hydrogens is 288 g/mol. The van der Waals surface area contributed by atoms with E-state index in [9.17, 15) is 4.79 Å². The van der Waals surface area contributed by atoms with Gasteiger partial charge in [-0.2, -0.15) is 4.79 Å². The second kappa shape index (κ2) is 8.42. The summed E-state index contributed by atoms with van der Waals surface area (Å²) in [5.41, 5.74) is 2.12. The van der Waals surface area contributed by atoms with Crippen LogP contribution >= 0.6 is 0 Å². The Labute approximate surface area is 138 Å². The number of aromatic nitrogens is 2. The Morgan fingerprint density at radius 1 is 1.04 bits per heavy atom. The normalized spacial score (nSPS) is 12.1. The van der Waals surface area contributed by atoms with Gasteiger partial charge in [0.1, 0.15) is 0 Å². The van der Waals surface area contributed by atoms with E-state index in [1.165, 1.54) is 25.7 Å². The highest BCUT2D eigenvalue weighted by molar-refractivity contribution is 5.62. The second-order valence-corrected chi connectivity index (χ2v) is 5.98. The summed E-state index contributed by atoms with van der Waals surface area (Å²) in [7, 11) is 0. The molecule has 0 saturated carbocycles. The highest BCUT2D eigenvalue weighted by atomic mass is 16.4. The molecule has 0 saturated heterocycles. The van der Waals surface area contributed by atoms with Crippen molar-refractivity contribution in [3.8, 4) is 11.1 Å². The molecule has 23 heavy (non-hydrogen) atoms. The first-order chi connectivity index (χ1) is 11.1. The Hall–Kier alpha value is -2.23. The van der Waals surface area contributed by atoms with Crippen LogP contribution < -0.4 is 9.13 Å².